The van der Waals surface area contributed by atoms with Crippen LogP contribution in [0.3, 0.4) is 0 Å². The van der Waals surface area contributed by atoms with Crippen LogP contribution in [0.4, 0.5) is 0 Å². The second-order valence-electron chi connectivity index (χ2n) is 4.06. The summed E-state index contributed by atoms with van der Waals surface area (Å²) in [6.07, 6.45) is 1.33. The van der Waals surface area contributed by atoms with Crippen LogP contribution in [0.25, 0.3) is 0 Å². The average molecular weight is 273 g/mol. The molecule has 1 aromatic rings. The Morgan fingerprint density at radius 1 is 1.39 bits per heavy atom. The standard InChI is InChI=1S/C9H11N3O5S/c13-7(6-3-10-9(15)12-8(6)14)11-5-1-2-18(16,17)4-5/h3,5H,1-2,4H2,(H,11,13)(H2,10,12,14,15). The highest BCUT2D eigenvalue weighted by atomic mass is 32.2. The number of hydrogen-bond acceptors (Lipinski definition) is 5. The zero-order valence-electron chi connectivity index (χ0n) is 9.23. The minimum atomic E-state index is -3.10. The SMILES string of the molecule is O=C(NC1CCS(=O)(=O)C1)c1c[nH]c(=O)[nH]c1=O. The minimum absolute atomic E-state index is 0.0277. The predicted molar refractivity (Wildman–Crippen MR) is 62.2 cm³/mol. The molecule has 1 unspecified atom stereocenters. The molecule has 2 rings (SSSR count). The number of amides is 1. The van der Waals surface area contributed by atoms with E-state index >= 15 is 0 Å². The zero-order valence-corrected chi connectivity index (χ0v) is 10.0. The molecule has 1 aromatic heterocycles. The minimum Gasteiger partial charge on any atom is -0.348 e. The van der Waals surface area contributed by atoms with Crippen molar-refractivity contribution in [2.45, 2.75) is 12.5 Å². The van der Waals surface area contributed by atoms with E-state index in [0.717, 1.165) is 6.20 Å². The molecule has 2 heterocycles. The third-order valence-corrected chi connectivity index (χ3v) is 4.40. The monoisotopic (exact) mass is 273 g/mol. The molecule has 8 nitrogen and oxygen atoms in total. The lowest BCUT2D eigenvalue weighted by Crippen LogP contribution is -2.39. The lowest BCUT2D eigenvalue weighted by Gasteiger charge is -2.09. The smallest absolute Gasteiger partial charge is 0.325 e. The van der Waals surface area contributed by atoms with Gasteiger partial charge in [-0.25, -0.2) is 13.2 Å². The number of sulfone groups is 1. The molecule has 0 saturated carbocycles. The van der Waals surface area contributed by atoms with Gasteiger partial charge in [0.25, 0.3) is 11.5 Å². The summed E-state index contributed by atoms with van der Waals surface area (Å²) in [6, 6.07) is -0.492. The van der Waals surface area contributed by atoms with Crippen LogP contribution in [-0.4, -0.2) is 41.8 Å². The summed E-state index contributed by atoms with van der Waals surface area (Å²) in [5.74, 6) is -0.797. The average Bonchev–Trinajstić information content (AvgIpc) is 2.57. The van der Waals surface area contributed by atoms with E-state index in [4.69, 9.17) is 0 Å². The Balaban J connectivity index is 2.14. The maximum Gasteiger partial charge on any atom is 0.325 e. The van der Waals surface area contributed by atoms with Crippen molar-refractivity contribution >= 4 is 15.7 Å². The third kappa shape index (κ3) is 2.67. The van der Waals surface area contributed by atoms with Crippen LogP contribution in [0.15, 0.2) is 15.8 Å². The number of carbonyl (C=O) groups excluding carboxylic acids is 1. The van der Waals surface area contributed by atoms with Gasteiger partial charge < -0.3 is 10.3 Å². The van der Waals surface area contributed by atoms with E-state index in [2.05, 4.69) is 10.3 Å². The fraction of sp³-hybridized carbons (Fsp3) is 0.444. The van der Waals surface area contributed by atoms with Gasteiger partial charge in [-0.05, 0) is 6.42 Å². The van der Waals surface area contributed by atoms with Crippen molar-refractivity contribution in [2.24, 2.45) is 0 Å². The van der Waals surface area contributed by atoms with E-state index in [1.165, 1.54) is 0 Å². The fourth-order valence-electron chi connectivity index (χ4n) is 1.75. The topological polar surface area (TPSA) is 129 Å². The number of carbonyl (C=O) groups is 1. The summed E-state index contributed by atoms with van der Waals surface area (Å²) in [6.45, 7) is 0. The van der Waals surface area contributed by atoms with Crippen LogP contribution in [0.1, 0.15) is 16.8 Å². The largest absolute Gasteiger partial charge is 0.348 e. The van der Waals surface area contributed by atoms with E-state index in [1.807, 2.05) is 4.98 Å². The fourth-order valence-corrected chi connectivity index (χ4v) is 3.42. The molecule has 0 aliphatic carbocycles. The maximum atomic E-state index is 11.7. The summed E-state index contributed by atoms with van der Waals surface area (Å²) in [5, 5.41) is 2.45. The quantitative estimate of drug-likeness (QED) is 0.573. The molecule has 0 bridgehead atoms. The molecule has 0 aromatic carbocycles. The molecule has 0 radical (unpaired) electrons. The lowest BCUT2D eigenvalue weighted by molar-refractivity contribution is 0.0939. The molecular weight excluding hydrogens is 262 g/mol. The summed E-state index contributed by atoms with van der Waals surface area (Å²) >= 11 is 0. The first kappa shape index (κ1) is 12.6. The van der Waals surface area contributed by atoms with Gasteiger partial charge in [0.1, 0.15) is 5.56 Å². The van der Waals surface area contributed by atoms with Crippen LogP contribution < -0.4 is 16.6 Å². The van der Waals surface area contributed by atoms with Gasteiger partial charge in [0.2, 0.25) is 0 Å². The van der Waals surface area contributed by atoms with Gasteiger partial charge in [-0.15, -0.1) is 0 Å². The van der Waals surface area contributed by atoms with Crippen LogP contribution in [-0.2, 0) is 9.84 Å². The molecule has 1 aliphatic rings. The Hall–Kier alpha value is -1.90. The molecule has 0 spiro atoms. The third-order valence-electron chi connectivity index (χ3n) is 2.63. The second kappa shape index (κ2) is 4.41. The molecular formula is C9H11N3O5S. The molecule has 1 atom stereocenters. The number of aromatic amines is 2. The number of rotatable bonds is 2. The molecule has 98 valence electrons. The number of aromatic nitrogens is 2. The van der Waals surface area contributed by atoms with E-state index in [-0.39, 0.29) is 17.1 Å². The van der Waals surface area contributed by atoms with Crippen molar-refractivity contribution < 1.29 is 13.2 Å². The van der Waals surface area contributed by atoms with Gasteiger partial charge in [0.05, 0.1) is 11.5 Å². The van der Waals surface area contributed by atoms with E-state index < -0.39 is 33.0 Å². The maximum absolute atomic E-state index is 11.7. The van der Waals surface area contributed by atoms with Gasteiger partial charge >= 0.3 is 5.69 Å². The summed E-state index contributed by atoms with van der Waals surface area (Å²) in [4.78, 5) is 37.9. The van der Waals surface area contributed by atoms with Gasteiger partial charge in [-0.3, -0.25) is 14.6 Å². The highest BCUT2D eigenvalue weighted by Crippen LogP contribution is 2.11. The molecule has 1 fully saturated rings. The van der Waals surface area contributed by atoms with Crippen LogP contribution >= 0.6 is 0 Å². The first-order chi connectivity index (χ1) is 8.37. The van der Waals surface area contributed by atoms with E-state index in [9.17, 15) is 22.8 Å². The molecule has 1 amide bonds. The summed E-state index contributed by atoms with van der Waals surface area (Å²) in [5.41, 5.74) is -1.77. The molecule has 1 aliphatic heterocycles. The first-order valence-corrected chi connectivity index (χ1v) is 7.03. The zero-order chi connectivity index (χ0) is 13.3. The summed E-state index contributed by atoms with van der Waals surface area (Å²) in [7, 11) is -3.10. The molecule has 9 heteroatoms. The second-order valence-corrected chi connectivity index (χ2v) is 6.29. The Bertz CT molecular complexity index is 687. The van der Waals surface area contributed by atoms with Crippen LogP contribution in [0.2, 0.25) is 0 Å². The van der Waals surface area contributed by atoms with Crippen molar-refractivity contribution in [2.75, 3.05) is 11.5 Å². The van der Waals surface area contributed by atoms with Gasteiger partial charge in [-0.1, -0.05) is 0 Å². The number of hydrogen-bond donors (Lipinski definition) is 3. The van der Waals surface area contributed by atoms with Crippen LogP contribution in [0, 0.1) is 0 Å². The van der Waals surface area contributed by atoms with Crippen LogP contribution in [0.5, 0.6) is 0 Å². The van der Waals surface area contributed by atoms with Crippen molar-refractivity contribution in [1.82, 2.24) is 15.3 Å². The highest BCUT2D eigenvalue weighted by Gasteiger charge is 2.29. The normalized spacial score (nSPS) is 21.7. The van der Waals surface area contributed by atoms with E-state index in [0.29, 0.717) is 6.42 Å². The molecule has 1 saturated heterocycles. The lowest BCUT2D eigenvalue weighted by atomic mass is 10.2. The van der Waals surface area contributed by atoms with Crippen molar-refractivity contribution in [3.05, 3.63) is 32.6 Å². The number of H-pyrrole nitrogens is 2. The number of nitrogens with one attached hydrogen (secondary N) is 3. The Kier molecular flexibility index (Phi) is 3.07. The molecule has 3 N–H and O–H groups in total. The van der Waals surface area contributed by atoms with Crippen molar-refractivity contribution in [3.63, 3.8) is 0 Å². The Morgan fingerprint density at radius 2 is 2.11 bits per heavy atom. The predicted octanol–water partition coefficient (Wildman–Crippen LogP) is -2.02. The van der Waals surface area contributed by atoms with Gasteiger partial charge in [-0.2, -0.15) is 0 Å². The van der Waals surface area contributed by atoms with E-state index in [1.54, 1.807) is 0 Å². The summed E-state index contributed by atoms with van der Waals surface area (Å²) < 4.78 is 22.4. The van der Waals surface area contributed by atoms with Crippen molar-refractivity contribution in [3.8, 4) is 0 Å². The van der Waals surface area contributed by atoms with Gasteiger partial charge in [0.15, 0.2) is 9.84 Å². The highest BCUT2D eigenvalue weighted by molar-refractivity contribution is 7.91. The Labute approximate surface area is 101 Å². The Morgan fingerprint density at radius 3 is 2.67 bits per heavy atom. The molecule has 18 heavy (non-hydrogen) atoms. The van der Waals surface area contributed by atoms with Gasteiger partial charge in [0, 0.05) is 12.2 Å². The van der Waals surface area contributed by atoms with Crippen molar-refractivity contribution in [1.29, 1.82) is 0 Å². The first-order valence-electron chi connectivity index (χ1n) is 5.21.